The van der Waals surface area contributed by atoms with Crippen LogP contribution in [0.15, 0.2) is 42.7 Å². The lowest BCUT2D eigenvalue weighted by molar-refractivity contribution is 0.315. The SMILES string of the molecule is CCCOc1cncc(C(N)C2CCc3ccccc32)c1. The third kappa shape index (κ3) is 2.93. The first-order valence-corrected chi connectivity index (χ1v) is 7.70. The van der Waals surface area contributed by atoms with Crippen molar-refractivity contribution in [3.05, 3.63) is 59.4 Å². The van der Waals surface area contributed by atoms with Crippen LogP contribution in [0.25, 0.3) is 0 Å². The lowest BCUT2D eigenvalue weighted by Gasteiger charge is -2.21. The first kappa shape index (κ1) is 14.1. The van der Waals surface area contributed by atoms with E-state index in [1.165, 1.54) is 11.1 Å². The molecule has 1 aliphatic carbocycles. The van der Waals surface area contributed by atoms with Crippen molar-refractivity contribution in [1.82, 2.24) is 4.98 Å². The molecule has 0 fully saturated rings. The van der Waals surface area contributed by atoms with Crippen LogP contribution in [-0.4, -0.2) is 11.6 Å². The van der Waals surface area contributed by atoms with Crippen molar-refractivity contribution in [1.29, 1.82) is 0 Å². The summed E-state index contributed by atoms with van der Waals surface area (Å²) in [5.41, 5.74) is 10.4. The van der Waals surface area contributed by atoms with Crippen LogP contribution in [0.1, 0.15) is 48.4 Å². The van der Waals surface area contributed by atoms with E-state index in [2.05, 4.69) is 36.2 Å². The summed E-state index contributed by atoms with van der Waals surface area (Å²) >= 11 is 0. The van der Waals surface area contributed by atoms with E-state index in [0.717, 1.165) is 30.6 Å². The van der Waals surface area contributed by atoms with E-state index in [1.807, 2.05) is 12.3 Å². The second-order valence-electron chi connectivity index (χ2n) is 5.67. The average Bonchev–Trinajstić information content (AvgIpc) is 2.96. The summed E-state index contributed by atoms with van der Waals surface area (Å²) in [5.74, 6) is 1.19. The second kappa shape index (κ2) is 6.27. The van der Waals surface area contributed by atoms with Crippen LogP contribution in [-0.2, 0) is 6.42 Å². The Morgan fingerprint density at radius 1 is 1.33 bits per heavy atom. The number of hydrogen-bond donors (Lipinski definition) is 1. The molecule has 1 heterocycles. The summed E-state index contributed by atoms with van der Waals surface area (Å²) in [6.07, 6.45) is 6.85. The van der Waals surface area contributed by atoms with E-state index in [-0.39, 0.29) is 6.04 Å². The topological polar surface area (TPSA) is 48.1 Å². The van der Waals surface area contributed by atoms with E-state index >= 15 is 0 Å². The molecular weight excluding hydrogens is 260 g/mol. The Morgan fingerprint density at radius 2 is 2.19 bits per heavy atom. The molecule has 110 valence electrons. The fourth-order valence-corrected chi connectivity index (χ4v) is 3.11. The first-order chi connectivity index (χ1) is 10.3. The average molecular weight is 282 g/mol. The fourth-order valence-electron chi connectivity index (χ4n) is 3.11. The molecule has 0 amide bonds. The summed E-state index contributed by atoms with van der Waals surface area (Å²) in [6, 6.07) is 10.6. The Labute approximate surface area is 126 Å². The van der Waals surface area contributed by atoms with Crippen LogP contribution in [0.3, 0.4) is 0 Å². The quantitative estimate of drug-likeness (QED) is 0.911. The van der Waals surface area contributed by atoms with Crippen molar-refractivity contribution in [2.75, 3.05) is 6.61 Å². The highest BCUT2D eigenvalue weighted by Crippen LogP contribution is 2.40. The molecule has 0 aliphatic heterocycles. The summed E-state index contributed by atoms with van der Waals surface area (Å²) in [5, 5.41) is 0. The van der Waals surface area contributed by atoms with Gasteiger partial charge in [-0.3, -0.25) is 4.98 Å². The van der Waals surface area contributed by atoms with E-state index < -0.39 is 0 Å². The summed E-state index contributed by atoms with van der Waals surface area (Å²) in [7, 11) is 0. The van der Waals surface area contributed by atoms with Crippen molar-refractivity contribution in [3.63, 3.8) is 0 Å². The van der Waals surface area contributed by atoms with Gasteiger partial charge in [-0.05, 0) is 42.0 Å². The number of nitrogens with two attached hydrogens (primary N) is 1. The molecule has 21 heavy (non-hydrogen) atoms. The highest BCUT2D eigenvalue weighted by Gasteiger charge is 2.28. The molecule has 2 atom stereocenters. The van der Waals surface area contributed by atoms with Gasteiger partial charge in [-0.25, -0.2) is 0 Å². The summed E-state index contributed by atoms with van der Waals surface area (Å²) in [4.78, 5) is 4.28. The lowest BCUT2D eigenvalue weighted by atomic mass is 9.89. The van der Waals surface area contributed by atoms with E-state index in [4.69, 9.17) is 10.5 Å². The molecular formula is C18H22N2O. The molecule has 0 radical (unpaired) electrons. The maximum absolute atomic E-state index is 6.52. The van der Waals surface area contributed by atoms with Crippen LogP contribution >= 0.6 is 0 Å². The predicted octanol–water partition coefficient (Wildman–Crippen LogP) is 3.60. The third-order valence-electron chi connectivity index (χ3n) is 4.20. The molecule has 2 N–H and O–H groups in total. The van der Waals surface area contributed by atoms with E-state index in [1.54, 1.807) is 6.20 Å². The van der Waals surface area contributed by atoms with Gasteiger partial charge in [0.25, 0.3) is 0 Å². The number of ether oxygens (including phenoxy) is 1. The zero-order valence-corrected chi connectivity index (χ0v) is 12.5. The van der Waals surface area contributed by atoms with Gasteiger partial charge in [0.15, 0.2) is 0 Å². The number of benzene rings is 1. The van der Waals surface area contributed by atoms with E-state index in [0.29, 0.717) is 12.5 Å². The van der Waals surface area contributed by atoms with Crippen LogP contribution < -0.4 is 10.5 Å². The molecule has 0 saturated heterocycles. The van der Waals surface area contributed by atoms with Crippen LogP contribution in [0.5, 0.6) is 5.75 Å². The van der Waals surface area contributed by atoms with Gasteiger partial charge in [0.1, 0.15) is 5.75 Å². The summed E-state index contributed by atoms with van der Waals surface area (Å²) < 4.78 is 5.66. The Balaban J connectivity index is 1.81. The molecule has 3 nitrogen and oxygen atoms in total. The van der Waals surface area contributed by atoms with Gasteiger partial charge >= 0.3 is 0 Å². The minimum atomic E-state index is -0.0219. The van der Waals surface area contributed by atoms with Gasteiger partial charge < -0.3 is 10.5 Å². The van der Waals surface area contributed by atoms with Gasteiger partial charge in [0.05, 0.1) is 12.8 Å². The number of hydrogen-bond acceptors (Lipinski definition) is 3. The Hall–Kier alpha value is -1.87. The largest absolute Gasteiger partial charge is 0.492 e. The molecule has 3 heteroatoms. The van der Waals surface area contributed by atoms with Crippen molar-refractivity contribution >= 4 is 0 Å². The normalized spacial score (nSPS) is 18.3. The Kier molecular flexibility index (Phi) is 4.20. The number of aromatic nitrogens is 1. The van der Waals surface area contributed by atoms with Crippen LogP contribution in [0.4, 0.5) is 0 Å². The fraction of sp³-hybridized carbons (Fsp3) is 0.389. The molecule has 0 saturated carbocycles. The van der Waals surface area contributed by atoms with Gasteiger partial charge in [-0.15, -0.1) is 0 Å². The van der Waals surface area contributed by atoms with Gasteiger partial charge in [-0.1, -0.05) is 31.2 Å². The van der Waals surface area contributed by atoms with Crippen LogP contribution in [0.2, 0.25) is 0 Å². The second-order valence-corrected chi connectivity index (χ2v) is 5.67. The third-order valence-corrected chi connectivity index (χ3v) is 4.20. The molecule has 1 aromatic heterocycles. The number of rotatable bonds is 5. The van der Waals surface area contributed by atoms with Crippen molar-refractivity contribution < 1.29 is 4.74 Å². The number of nitrogens with zero attached hydrogens (tertiary/aromatic N) is 1. The predicted molar refractivity (Wildman–Crippen MR) is 84.5 cm³/mol. The maximum Gasteiger partial charge on any atom is 0.137 e. The standard InChI is InChI=1S/C18H22N2O/c1-2-9-21-15-10-14(11-20-12-15)18(19)17-8-7-13-5-3-4-6-16(13)17/h3-6,10-12,17-18H,2,7-9,19H2,1H3. The zero-order valence-electron chi connectivity index (χ0n) is 12.5. The molecule has 2 unspecified atom stereocenters. The van der Waals surface area contributed by atoms with Crippen molar-refractivity contribution in [3.8, 4) is 5.75 Å². The molecule has 0 spiro atoms. The smallest absolute Gasteiger partial charge is 0.137 e. The zero-order chi connectivity index (χ0) is 14.7. The lowest BCUT2D eigenvalue weighted by Crippen LogP contribution is -2.18. The molecule has 1 aromatic carbocycles. The highest BCUT2D eigenvalue weighted by molar-refractivity contribution is 5.38. The molecule has 1 aliphatic rings. The molecule has 3 rings (SSSR count). The number of aryl methyl sites for hydroxylation is 1. The van der Waals surface area contributed by atoms with Gasteiger partial charge in [0, 0.05) is 18.2 Å². The Morgan fingerprint density at radius 3 is 3.05 bits per heavy atom. The Bertz CT molecular complexity index is 612. The molecule has 0 bridgehead atoms. The number of pyridine rings is 1. The highest BCUT2D eigenvalue weighted by atomic mass is 16.5. The first-order valence-electron chi connectivity index (χ1n) is 7.70. The van der Waals surface area contributed by atoms with Crippen molar-refractivity contribution in [2.24, 2.45) is 5.73 Å². The monoisotopic (exact) mass is 282 g/mol. The van der Waals surface area contributed by atoms with Crippen LogP contribution in [0, 0.1) is 0 Å². The summed E-state index contributed by atoms with van der Waals surface area (Å²) in [6.45, 7) is 2.81. The number of fused-ring (bicyclic) bond motifs is 1. The van der Waals surface area contributed by atoms with Crippen molar-refractivity contribution in [2.45, 2.75) is 38.1 Å². The van der Waals surface area contributed by atoms with E-state index in [9.17, 15) is 0 Å². The minimum Gasteiger partial charge on any atom is -0.492 e. The van der Waals surface area contributed by atoms with Gasteiger partial charge in [-0.2, -0.15) is 0 Å². The maximum atomic E-state index is 6.52. The van der Waals surface area contributed by atoms with Gasteiger partial charge in [0.2, 0.25) is 0 Å². The molecule has 2 aromatic rings. The minimum absolute atomic E-state index is 0.0219.